The number of para-hydroxylation sites is 2. The molecule has 0 saturated carbocycles. The monoisotopic (exact) mass is 285 g/mol. The number of ether oxygens (including phenoxy) is 1. The molecule has 110 valence electrons. The number of hydrogen-bond donors (Lipinski definition) is 2. The Bertz CT molecular complexity index is 625. The fourth-order valence-electron chi connectivity index (χ4n) is 2.16. The van der Waals surface area contributed by atoms with E-state index in [9.17, 15) is 9.90 Å². The van der Waals surface area contributed by atoms with E-state index < -0.39 is 0 Å². The normalized spacial score (nSPS) is 11.7. The number of hydrogen-bond acceptors (Lipinski definition) is 4. The number of phenolic OH excluding ortho intramolecular Hbond substituents is 1. The first kappa shape index (κ1) is 14.9. The van der Waals surface area contributed by atoms with Crippen molar-refractivity contribution < 1.29 is 14.6 Å². The Labute approximate surface area is 124 Å². The molecule has 0 fully saturated rings. The van der Waals surface area contributed by atoms with Crippen molar-refractivity contribution in [1.82, 2.24) is 0 Å². The highest BCUT2D eigenvalue weighted by Crippen LogP contribution is 2.28. The molecule has 0 radical (unpaired) electrons. The predicted molar refractivity (Wildman–Crippen MR) is 82.5 cm³/mol. The maximum absolute atomic E-state index is 11.9. The number of benzene rings is 2. The molecule has 0 saturated heterocycles. The summed E-state index contributed by atoms with van der Waals surface area (Å²) in [6, 6.07) is 14.2. The van der Waals surface area contributed by atoms with Crippen LogP contribution in [-0.2, 0) is 4.74 Å². The maximum atomic E-state index is 11.9. The third-order valence-electron chi connectivity index (χ3n) is 3.20. The van der Waals surface area contributed by atoms with E-state index in [0.717, 1.165) is 5.56 Å². The van der Waals surface area contributed by atoms with Crippen LogP contribution >= 0.6 is 0 Å². The number of carbonyl (C=O) groups is 1. The minimum atomic E-state index is -0.356. The molecule has 0 heterocycles. The molecule has 2 N–H and O–H groups in total. The zero-order chi connectivity index (χ0) is 15.2. The third kappa shape index (κ3) is 3.54. The Balaban J connectivity index is 2.24. The van der Waals surface area contributed by atoms with Gasteiger partial charge in [-0.25, -0.2) is 4.79 Å². The van der Waals surface area contributed by atoms with Crippen molar-refractivity contribution in [1.29, 1.82) is 0 Å². The van der Waals surface area contributed by atoms with E-state index in [4.69, 9.17) is 4.74 Å². The Morgan fingerprint density at radius 2 is 1.86 bits per heavy atom. The molecular formula is C17H19NO3. The molecule has 0 bridgehead atoms. The predicted octanol–water partition coefficient (Wildman–Crippen LogP) is 3.74. The van der Waals surface area contributed by atoms with Crippen molar-refractivity contribution in [2.24, 2.45) is 0 Å². The van der Waals surface area contributed by atoms with Gasteiger partial charge >= 0.3 is 5.97 Å². The lowest BCUT2D eigenvalue weighted by molar-refractivity contribution is 0.0527. The molecule has 21 heavy (non-hydrogen) atoms. The van der Waals surface area contributed by atoms with Gasteiger partial charge in [-0.1, -0.05) is 30.3 Å². The fraction of sp³-hybridized carbons (Fsp3) is 0.235. The molecule has 0 aliphatic carbocycles. The second-order valence-corrected chi connectivity index (χ2v) is 4.69. The fourth-order valence-corrected chi connectivity index (χ4v) is 2.16. The standard InChI is InChI=1S/C17H19NO3/c1-3-21-17(20)14-9-4-6-10-15(14)18-12(2)13-8-5-7-11-16(13)19/h4-12,18-19H,3H2,1-2H3. The molecule has 4 nitrogen and oxygen atoms in total. The first-order valence-corrected chi connectivity index (χ1v) is 6.94. The van der Waals surface area contributed by atoms with Crippen LogP contribution in [-0.4, -0.2) is 17.7 Å². The lowest BCUT2D eigenvalue weighted by Crippen LogP contribution is -2.12. The molecule has 0 aliphatic heterocycles. The minimum absolute atomic E-state index is 0.137. The van der Waals surface area contributed by atoms with Gasteiger partial charge in [0.05, 0.1) is 18.2 Å². The van der Waals surface area contributed by atoms with Gasteiger partial charge in [0.25, 0.3) is 0 Å². The molecule has 2 aromatic carbocycles. The van der Waals surface area contributed by atoms with Crippen LogP contribution in [0, 0.1) is 0 Å². The van der Waals surface area contributed by atoms with Crippen molar-refractivity contribution in [3.63, 3.8) is 0 Å². The molecule has 0 aliphatic rings. The summed E-state index contributed by atoms with van der Waals surface area (Å²) in [5, 5.41) is 13.1. The van der Waals surface area contributed by atoms with Gasteiger partial charge in [-0.3, -0.25) is 0 Å². The van der Waals surface area contributed by atoms with Crippen LogP contribution in [0.1, 0.15) is 35.8 Å². The zero-order valence-corrected chi connectivity index (χ0v) is 12.2. The van der Waals surface area contributed by atoms with Crippen molar-refractivity contribution in [2.45, 2.75) is 19.9 Å². The topological polar surface area (TPSA) is 58.6 Å². The third-order valence-corrected chi connectivity index (χ3v) is 3.20. The zero-order valence-electron chi connectivity index (χ0n) is 12.2. The van der Waals surface area contributed by atoms with Crippen molar-refractivity contribution in [3.05, 3.63) is 59.7 Å². The summed E-state index contributed by atoms with van der Waals surface area (Å²) in [7, 11) is 0. The van der Waals surface area contributed by atoms with Gasteiger partial charge in [0.2, 0.25) is 0 Å². The second kappa shape index (κ2) is 6.79. The van der Waals surface area contributed by atoms with Gasteiger partial charge in [-0.05, 0) is 32.0 Å². The molecule has 1 atom stereocenters. The SMILES string of the molecule is CCOC(=O)c1ccccc1NC(C)c1ccccc1O. The molecule has 0 spiro atoms. The van der Waals surface area contributed by atoms with E-state index in [1.54, 1.807) is 31.2 Å². The van der Waals surface area contributed by atoms with Gasteiger partial charge in [-0.15, -0.1) is 0 Å². The van der Waals surface area contributed by atoms with Crippen molar-refractivity contribution >= 4 is 11.7 Å². The highest BCUT2D eigenvalue weighted by atomic mass is 16.5. The van der Waals surface area contributed by atoms with Crippen LogP contribution in [0.25, 0.3) is 0 Å². The van der Waals surface area contributed by atoms with E-state index in [1.165, 1.54) is 0 Å². The Hall–Kier alpha value is -2.49. The van der Waals surface area contributed by atoms with E-state index in [-0.39, 0.29) is 17.8 Å². The molecule has 0 aromatic heterocycles. The largest absolute Gasteiger partial charge is 0.508 e. The number of aromatic hydroxyl groups is 1. The molecular weight excluding hydrogens is 266 g/mol. The van der Waals surface area contributed by atoms with Gasteiger partial charge in [0, 0.05) is 11.3 Å². The van der Waals surface area contributed by atoms with E-state index >= 15 is 0 Å². The Morgan fingerprint density at radius 1 is 1.19 bits per heavy atom. The average Bonchev–Trinajstić information content (AvgIpc) is 2.48. The minimum Gasteiger partial charge on any atom is -0.508 e. The van der Waals surface area contributed by atoms with Crippen LogP contribution in [0.5, 0.6) is 5.75 Å². The highest BCUT2D eigenvalue weighted by molar-refractivity contribution is 5.95. The number of carbonyl (C=O) groups excluding carboxylic acids is 1. The van der Waals surface area contributed by atoms with Crippen LogP contribution < -0.4 is 5.32 Å². The lowest BCUT2D eigenvalue weighted by Gasteiger charge is -2.18. The number of anilines is 1. The number of nitrogens with one attached hydrogen (secondary N) is 1. The van der Waals surface area contributed by atoms with E-state index in [0.29, 0.717) is 17.9 Å². The summed E-state index contributed by atoms with van der Waals surface area (Å²) in [5.41, 5.74) is 1.95. The van der Waals surface area contributed by atoms with Crippen LogP contribution in [0.3, 0.4) is 0 Å². The number of phenols is 1. The van der Waals surface area contributed by atoms with Crippen molar-refractivity contribution in [2.75, 3.05) is 11.9 Å². The molecule has 2 aromatic rings. The summed E-state index contributed by atoms with van der Waals surface area (Å²) in [4.78, 5) is 11.9. The summed E-state index contributed by atoms with van der Waals surface area (Å²) in [6.07, 6.45) is 0. The molecule has 4 heteroatoms. The van der Waals surface area contributed by atoms with Crippen LogP contribution in [0.4, 0.5) is 5.69 Å². The molecule has 1 unspecified atom stereocenters. The lowest BCUT2D eigenvalue weighted by atomic mass is 10.1. The summed E-state index contributed by atoms with van der Waals surface area (Å²) >= 11 is 0. The first-order chi connectivity index (χ1) is 10.1. The van der Waals surface area contributed by atoms with Crippen LogP contribution in [0.2, 0.25) is 0 Å². The summed E-state index contributed by atoms with van der Waals surface area (Å²) in [5.74, 6) is -0.129. The Kier molecular flexibility index (Phi) is 4.82. The Morgan fingerprint density at radius 3 is 2.57 bits per heavy atom. The van der Waals surface area contributed by atoms with Gasteiger partial charge in [0.15, 0.2) is 0 Å². The van der Waals surface area contributed by atoms with E-state index in [2.05, 4.69) is 5.32 Å². The smallest absolute Gasteiger partial charge is 0.340 e. The second-order valence-electron chi connectivity index (χ2n) is 4.69. The molecule has 2 rings (SSSR count). The van der Waals surface area contributed by atoms with E-state index in [1.807, 2.05) is 31.2 Å². The highest BCUT2D eigenvalue weighted by Gasteiger charge is 2.15. The molecule has 0 amide bonds. The summed E-state index contributed by atoms with van der Waals surface area (Å²) in [6.45, 7) is 4.04. The van der Waals surface area contributed by atoms with Crippen LogP contribution in [0.15, 0.2) is 48.5 Å². The quantitative estimate of drug-likeness (QED) is 0.822. The summed E-state index contributed by atoms with van der Waals surface area (Å²) < 4.78 is 5.05. The first-order valence-electron chi connectivity index (χ1n) is 6.94. The van der Waals surface area contributed by atoms with Gasteiger partial charge < -0.3 is 15.2 Å². The van der Waals surface area contributed by atoms with Crippen molar-refractivity contribution in [3.8, 4) is 5.75 Å². The van der Waals surface area contributed by atoms with Gasteiger partial charge in [-0.2, -0.15) is 0 Å². The average molecular weight is 285 g/mol. The number of rotatable bonds is 5. The van der Waals surface area contributed by atoms with Gasteiger partial charge in [0.1, 0.15) is 5.75 Å². The number of esters is 1. The maximum Gasteiger partial charge on any atom is 0.340 e.